The van der Waals surface area contributed by atoms with Gasteiger partial charge in [0.1, 0.15) is 11.5 Å². The number of carbonyl (C=O) groups excluding carboxylic acids is 1. The minimum atomic E-state index is 0.0255. The van der Waals surface area contributed by atoms with Gasteiger partial charge in [0.05, 0.1) is 14.2 Å². The summed E-state index contributed by atoms with van der Waals surface area (Å²) in [6.45, 7) is 5.79. The number of methoxy groups -OCH3 is 2. The molecule has 2 aromatic carbocycles. The highest BCUT2D eigenvalue weighted by molar-refractivity contribution is 5.95. The number of rotatable bonds is 10. The fourth-order valence-corrected chi connectivity index (χ4v) is 5.81. The highest BCUT2D eigenvalue weighted by Gasteiger charge is 2.31. The normalized spacial score (nSPS) is 19.3. The van der Waals surface area contributed by atoms with Gasteiger partial charge in [-0.25, -0.2) is 0 Å². The predicted octanol–water partition coefficient (Wildman–Crippen LogP) is 6.29. The minimum Gasteiger partial charge on any atom is -0.497 e. The number of carbonyl (C=O) groups is 1. The van der Waals surface area contributed by atoms with Gasteiger partial charge in [-0.05, 0) is 62.8 Å². The summed E-state index contributed by atoms with van der Waals surface area (Å²) in [6.07, 6.45) is 11.4. The van der Waals surface area contributed by atoms with Gasteiger partial charge in [-0.1, -0.05) is 61.2 Å². The lowest BCUT2D eigenvalue weighted by atomic mass is 9.89. The second-order valence-electron chi connectivity index (χ2n) is 10.5. The summed E-state index contributed by atoms with van der Waals surface area (Å²) in [5.74, 6) is 2.10. The molecule has 1 aliphatic carbocycles. The van der Waals surface area contributed by atoms with Crippen LogP contribution < -0.4 is 9.47 Å². The maximum absolute atomic E-state index is 13.9. The smallest absolute Gasteiger partial charge is 0.254 e. The molecular formula is C31H42N2O3. The first-order chi connectivity index (χ1) is 17.6. The zero-order chi connectivity index (χ0) is 25.3. The maximum Gasteiger partial charge on any atom is 0.254 e. The van der Waals surface area contributed by atoms with E-state index < -0.39 is 0 Å². The van der Waals surface area contributed by atoms with E-state index in [4.69, 9.17) is 9.47 Å². The fraction of sp³-hybridized carbons (Fsp3) is 0.516. The number of hydrogen-bond acceptors (Lipinski definition) is 4. The van der Waals surface area contributed by atoms with E-state index in [9.17, 15) is 4.79 Å². The summed E-state index contributed by atoms with van der Waals surface area (Å²) < 4.78 is 10.9. The molecule has 1 amide bonds. The van der Waals surface area contributed by atoms with Gasteiger partial charge in [-0.2, -0.15) is 0 Å². The zero-order valence-electron chi connectivity index (χ0n) is 22.2. The van der Waals surface area contributed by atoms with Crippen molar-refractivity contribution in [2.45, 2.75) is 57.9 Å². The van der Waals surface area contributed by atoms with Crippen LogP contribution in [0.5, 0.6) is 11.5 Å². The quantitative estimate of drug-likeness (QED) is 0.392. The van der Waals surface area contributed by atoms with Crippen molar-refractivity contribution in [1.29, 1.82) is 0 Å². The molecule has 1 atom stereocenters. The van der Waals surface area contributed by atoms with Crippen molar-refractivity contribution in [3.8, 4) is 11.5 Å². The molecular weight excluding hydrogens is 448 g/mol. The van der Waals surface area contributed by atoms with E-state index in [1.165, 1.54) is 50.6 Å². The van der Waals surface area contributed by atoms with Crippen molar-refractivity contribution in [1.82, 2.24) is 9.80 Å². The number of amides is 1. The van der Waals surface area contributed by atoms with Crippen LogP contribution in [0.25, 0.3) is 6.08 Å². The lowest BCUT2D eigenvalue weighted by molar-refractivity contribution is 0.0709. The summed E-state index contributed by atoms with van der Waals surface area (Å²) in [5.41, 5.74) is 2.93. The molecule has 2 aliphatic rings. The van der Waals surface area contributed by atoms with Crippen molar-refractivity contribution in [3.63, 3.8) is 0 Å². The fourth-order valence-electron chi connectivity index (χ4n) is 5.81. The van der Waals surface area contributed by atoms with E-state index in [2.05, 4.69) is 30.0 Å². The van der Waals surface area contributed by atoms with E-state index >= 15 is 0 Å². The molecule has 4 rings (SSSR count). The Morgan fingerprint density at radius 3 is 2.33 bits per heavy atom. The van der Waals surface area contributed by atoms with Gasteiger partial charge in [0.2, 0.25) is 0 Å². The van der Waals surface area contributed by atoms with E-state index in [1.807, 2.05) is 41.3 Å². The summed E-state index contributed by atoms with van der Waals surface area (Å²) in [4.78, 5) is 18.6. The van der Waals surface area contributed by atoms with Gasteiger partial charge in [0.25, 0.3) is 5.91 Å². The Labute approximate surface area is 217 Å². The van der Waals surface area contributed by atoms with Gasteiger partial charge >= 0.3 is 0 Å². The van der Waals surface area contributed by atoms with Crippen LogP contribution >= 0.6 is 0 Å². The van der Waals surface area contributed by atoms with Gasteiger partial charge in [-0.15, -0.1) is 0 Å². The number of hydrogen-bond donors (Lipinski definition) is 0. The topological polar surface area (TPSA) is 42.0 Å². The lowest BCUT2D eigenvalue weighted by Crippen LogP contribution is -2.45. The maximum atomic E-state index is 13.9. The zero-order valence-corrected chi connectivity index (χ0v) is 22.2. The number of benzene rings is 2. The van der Waals surface area contributed by atoms with Crippen molar-refractivity contribution < 1.29 is 14.3 Å². The number of ether oxygens (including phenoxy) is 2. The first-order valence-corrected chi connectivity index (χ1v) is 13.5. The average molecular weight is 491 g/mol. The van der Waals surface area contributed by atoms with Gasteiger partial charge in [0.15, 0.2) is 0 Å². The molecule has 5 nitrogen and oxygen atoms in total. The molecule has 1 saturated carbocycles. The van der Waals surface area contributed by atoms with Crippen molar-refractivity contribution >= 4 is 12.0 Å². The van der Waals surface area contributed by atoms with E-state index in [-0.39, 0.29) is 5.91 Å². The Morgan fingerprint density at radius 2 is 1.67 bits per heavy atom. The standard InChI is InChI=1S/C31H42N2O3/c1-24(17-25-11-6-4-7-12-25)21-33(31(34)27-18-29(35-2)20-30(19-27)36-3)23-28-15-10-16-32(28)22-26-13-8-5-9-14-26/h4,6-7,11-12,17-20,26,28H,5,8-10,13-16,21-23H2,1-3H3. The van der Waals surface area contributed by atoms with Crippen LogP contribution in [-0.4, -0.2) is 62.1 Å². The molecule has 0 bridgehead atoms. The minimum absolute atomic E-state index is 0.0255. The summed E-state index contributed by atoms with van der Waals surface area (Å²) in [6, 6.07) is 16.2. The third-order valence-corrected chi connectivity index (χ3v) is 7.69. The molecule has 0 spiro atoms. The van der Waals surface area contributed by atoms with Crippen LogP contribution in [0.2, 0.25) is 0 Å². The predicted molar refractivity (Wildman–Crippen MR) is 147 cm³/mol. The third-order valence-electron chi connectivity index (χ3n) is 7.69. The third kappa shape index (κ3) is 7.13. The van der Waals surface area contributed by atoms with E-state index in [1.54, 1.807) is 14.2 Å². The van der Waals surface area contributed by atoms with Gasteiger partial charge < -0.3 is 14.4 Å². The van der Waals surface area contributed by atoms with Crippen LogP contribution in [0.4, 0.5) is 0 Å². The molecule has 1 aliphatic heterocycles. The molecule has 1 saturated heterocycles. The van der Waals surface area contributed by atoms with Crippen LogP contribution in [0.3, 0.4) is 0 Å². The second-order valence-corrected chi connectivity index (χ2v) is 10.5. The van der Waals surface area contributed by atoms with Crippen molar-refractivity contribution in [2.24, 2.45) is 5.92 Å². The molecule has 2 aromatic rings. The Bertz CT molecular complexity index is 991. The summed E-state index contributed by atoms with van der Waals surface area (Å²) in [7, 11) is 3.24. The van der Waals surface area contributed by atoms with Gasteiger partial charge in [-0.3, -0.25) is 9.69 Å². The molecule has 0 aromatic heterocycles. The molecule has 194 valence electrons. The molecule has 5 heteroatoms. The highest BCUT2D eigenvalue weighted by Crippen LogP contribution is 2.29. The van der Waals surface area contributed by atoms with Crippen LogP contribution in [0, 0.1) is 5.92 Å². The Morgan fingerprint density at radius 1 is 0.972 bits per heavy atom. The summed E-state index contributed by atoms with van der Waals surface area (Å²) in [5, 5.41) is 0. The Kier molecular flexibility index (Phi) is 9.46. The van der Waals surface area contributed by atoms with Crippen molar-refractivity contribution in [3.05, 3.63) is 65.2 Å². The van der Waals surface area contributed by atoms with Crippen LogP contribution in [0.15, 0.2) is 54.1 Å². The molecule has 0 N–H and O–H groups in total. The van der Waals surface area contributed by atoms with Gasteiger partial charge in [0, 0.05) is 37.3 Å². The van der Waals surface area contributed by atoms with Crippen molar-refractivity contribution in [2.75, 3.05) is 40.4 Å². The second kappa shape index (κ2) is 13.0. The number of likely N-dealkylation sites (tertiary alicyclic amines) is 1. The Hall–Kier alpha value is -2.79. The van der Waals surface area contributed by atoms with Crippen LogP contribution in [-0.2, 0) is 0 Å². The summed E-state index contributed by atoms with van der Waals surface area (Å²) >= 11 is 0. The molecule has 0 radical (unpaired) electrons. The highest BCUT2D eigenvalue weighted by atomic mass is 16.5. The van der Waals surface area contributed by atoms with Crippen LogP contribution in [0.1, 0.15) is 67.8 Å². The molecule has 1 heterocycles. The molecule has 36 heavy (non-hydrogen) atoms. The number of nitrogens with zero attached hydrogens (tertiary/aromatic N) is 2. The first kappa shape index (κ1) is 26.3. The monoisotopic (exact) mass is 490 g/mol. The van der Waals surface area contributed by atoms with E-state index in [0.29, 0.717) is 29.6 Å². The van der Waals surface area contributed by atoms with E-state index in [0.717, 1.165) is 31.0 Å². The molecule has 2 fully saturated rings. The average Bonchev–Trinajstić information content (AvgIpc) is 3.34. The molecule has 1 unspecified atom stereocenters. The first-order valence-electron chi connectivity index (χ1n) is 13.5. The Balaban J connectivity index is 1.55. The lowest BCUT2D eigenvalue weighted by Gasteiger charge is -2.34. The largest absolute Gasteiger partial charge is 0.497 e. The SMILES string of the molecule is COc1cc(OC)cc(C(=O)N(CC(C)=Cc2ccccc2)CC2CCCN2CC2CCCCC2)c1.